The summed E-state index contributed by atoms with van der Waals surface area (Å²) in [6.07, 6.45) is 48.8. The fourth-order valence-corrected chi connectivity index (χ4v) is 13.2. The molecule has 2 saturated heterocycles. The summed E-state index contributed by atoms with van der Waals surface area (Å²) in [4.78, 5) is 27.1. The Morgan fingerprint density at radius 1 is 0.287 bits per heavy atom. The van der Waals surface area contributed by atoms with Crippen molar-refractivity contribution in [2.24, 2.45) is 11.8 Å². The minimum absolute atomic E-state index is 0.165. The van der Waals surface area contributed by atoms with Crippen LogP contribution in [-0.4, -0.2) is 117 Å². The average Bonchev–Trinajstić information content (AvgIpc) is 2.28. The number of aliphatic hydroxyl groups excluding tert-OH is 6. The first-order chi connectivity index (χ1) is 42.5. The summed E-state index contributed by atoms with van der Waals surface area (Å²) in [5, 5.41) is 66.1. The topological polar surface area (TPSA) is 202 Å². The maximum atomic E-state index is 13.5. The first kappa shape index (κ1) is 81.7. The summed E-state index contributed by atoms with van der Waals surface area (Å²) in [6.45, 7) is 8.20. The molecule has 516 valence electrons. The largest absolute Gasteiger partial charge is 0.463 e. The lowest BCUT2D eigenvalue weighted by atomic mass is 9.91. The first-order valence-corrected chi connectivity index (χ1v) is 37.8. The van der Waals surface area contributed by atoms with Gasteiger partial charge in [-0.1, -0.05) is 336 Å². The zero-order valence-electron chi connectivity index (χ0n) is 57.1. The van der Waals surface area contributed by atoms with E-state index in [2.05, 4.69) is 27.7 Å². The fraction of sp³-hybridized carbons (Fsp3) is 0.973. The fourth-order valence-electron chi connectivity index (χ4n) is 13.2. The molecule has 0 radical (unpaired) electrons. The standard InChI is InChI=1S/C74H142O13/c1-5-9-13-17-21-25-29-33-37-41-45-49-53-61(54-50-46-42-38-34-30-26-22-18-14-10-6-2)57-65(75)83-59-63-67(77)69(79)71(81)73(85-63)87-74-72(82)70(80)68(78)64(86-74)60-84-66(76)58-62(55-51-47-43-39-35-31-27-23-19-15-11-7-3)56-52-48-44-40-36-32-28-24-20-16-12-8-4/h61-64,67-74,77-82H,5-60H2,1-4H3/t63?,64?,67-,68-,69+,70+,71?,72?,73-,74-/m1/s1. The van der Waals surface area contributed by atoms with Crippen LogP contribution in [0, 0.1) is 11.8 Å². The predicted octanol–water partition coefficient (Wildman–Crippen LogP) is 18.1. The highest BCUT2D eigenvalue weighted by molar-refractivity contribution is 5.70. The first-order valence-electron chi connectivity index (χ1n) is 37.8. The number of carbonyl (C=O) groups is 2. The molecule has 10 atom stereocenters. The molecule has 13 nitrogen and oxygen atoms in total. The Hall–Kier alpha value is -1.42. The van der Waals surface area contributed by atoms with E-state index in [1.54, 1.807) is 0 Å². The molecule has 2 aliphatic rings. The van der Waals surface area contributed by atoms with Crippen LogP contribution in [0.1, 0.15) is 374 Å². The van der Waals surface area contributed by atoms with Gasteiger partial charge in [-0.15, -0.1) is 0 Å². The Labute approximate surface area is 534 Å². The van der Waals surface area contributed by atoms with Gasteiger partial charge in [-0.05, 0) is 37.5 Å². The van der Waals surface area contributed by atoms with Crippen molar-refractivity contribution in [1.82, 2.24) is 0 Å². The van der Waals surface area contributed by atoms with Crippen molar-refractivity contribution in [3.05, 3.63) is 0 Å². The van der Waals surface area contributed by atoms with Gasteiger partial charge in [-0.2, -0.15) is 0 Å². The van der Waals surface area contributed by atoms with Crippen molar-refractivity contribution in [1.29, 1.82) is 0 Å². The maximum absolute atomic E-state index is 13.5. The smallest absolute Gasteiger partial charge is 0.306 e. The summed E-state index contributed by atoms with van der Waals surface area (Å²) < 4.78 is 29.1. The monoisotopic (exact) mass is 1240 g/mol. The van der Waals surface area contributed by atoms with Gasteiger partial charge in [0, 0.05) is 12.8 Å². The second-order valence-corrected chi connectivity index (χ2v) is 27.4. The molecule has 4 unspecified atom stereocenters. The molecule has 2 rings (SSSR count). The number of rotatable bonds is 62. The summed E-state index contributed by atoms with van der Waals surface area (Å²) >= 11 is 0. The van der Waals surface area contributed by atoms with Crippen LogP contribution in [0.4, 0.5) is 0 Å². The molecule has 0 saturated carbocycles. The molecule has 0 aromatic heterocycles. The van der Waals surface area contributed by atoms with Gasteiger partial charge in [0.25, 0.3) is 0 Å². The van der Waals surface area contributed by atoms with Gasteiger partial charge in [0.15, 0.2) is 12.6 Å². The summed E-state index contributed by atoms with van der Waals surface area (Å²) in [6, 6.07) is 0. The Kier molecular flexibility index (Phi) is 53.8. The van der Waals surface area contributed by atoms with Crippen molar-refractivity contribution < 1.29 is 63.9 Å². The molecule has 0 aromatic rings. The van der Waals surface area contributed by atoms with Gasteiger partial charge in [0.05, 0.1) is 0 Å². The Balaban J connectivity index is 1.94. The third-order valence-corrected chi connectivity index (χ3v) is 19.2. The van der Waals surface area contributed by atoms with E-state index in [-0.39, 0.29) is 24.7 Å². The molecule has 13 heteroatoms. The zero-order chi connectivity index (χ0) is 63.2. The molecule has 2 aliphatic heterocycles. The maximum Gasteiger partial charge on any atom is 0.306 e. The minimum Gasteiger partial charge on any atom is -0.463 e. The second kappa shape index (κ2) is 57.3. The molecule has 0 aromatic carbocycles. The molecular weight excluding hydrogens is 1100 g/mol. The molecule has 0 amide bonds. The van der Waals surface area contributed by atoms with E-state index in [4.69, 9.17) is 23.7 Å². The highest BCUT2D eigenvalue weighted by Crippen LogP contribution is 2.31. The number of hydrogen-bond acceptors (Lipinski definition) is 13. The van der Waals surface area contributed by atoms with Crippen LogP contribution in [-0.2, 0) is 33.3 Å². The van der Waals surface area contributed by atoms with Gasteiger partial charge in [-0.3, -0.25) is 9.59 Å². The van der Waals surface area contributed by atoms with E-state index in [9.17, 15) is 40.2 Å². The Morgan fingerprint density at radius 2 is 0.483 bits per heavy atom. The number of aliphatic hydroxyl groups is 6. The SMILES string of the molecule is CCCCCCCCCCCCCCC(CCCCCCCCCCCCCC)CC(=O)OCC1O[C@H](O[C@H]2OC(COC(=O)CC(CCCCCCCCCCCCCC)CCCCCCCCCCCCCC)[C@@H](O)[C@H](O)C2O)C(O)[C@@H](O)[C@@H]1O. The third-order valence-electron chi connectivity index (χ3n) is 19.2. The number of ether oxygens (including phenoxy) is 5. The molecule has 2 heterocycles. The number of esters is 2. The van der Waals surface area contributed by atoms with Gasteiger partial charge in [0.1, 0.15) is 62.0 Å². The van der Waals surface area contributed by atoms with E-state index >= 15 is 0 Å². The van der Waals surface area contributed by atoms with E-state index in [0.29, 0.717) is 0 Å². The highest BCUT2D eigenvalue weighted by Gasteiger charge is 2.50. The van der Waals surface area contributed by atoms with E-state index in [1.807, 2.05) is 0 Å². The van der Waals surface area contributed by atoms with Gasteiger partial charge >= 0.3 is 11.9 Å². The minimum atomic E-state index is -1.81. The van der Waals surface area contributed by atoms with Gasteiger partial charge < -0.3 is 54.3 Å². The summed E-state index contributed by atoms with van der Waals surface area (Å²) in [5.74, 6) is -0.518. The van der Waals surface area contributed by atoms with Crippen molar-refractivity contribution in [2.75, 3.05) is 13.2 Å². The molecule has 6 N–H and O–H groups in total. The molecule has 2 fully saturated rings. The molecule has 0 bridgehead atoms. The lowest BCUT2D eigenvalue weighted by Gasteiger charge is -2.44. The second-order valence-electron chi connectivity index (χ2n) is 27.4. The molecule has 0 aliphatic carbocycles. The molecular formula is C74H142O13. The van der Waals surface area contributed by atoms with Crippen molar-refractivity contribution in [3.63, 3.8) is 0 Å². The highest BCUT2D eigenvalue weighted by atomic mass is 16.8. The normalized spacial score (nSPS) is 22.4. The van der Waals surface area contributed by atoms with E-state index < -0.39 is 86.6 Å². The van der Waals surface area contributed by atoms with Gasteiger partial charge in [0.2, 0.25) is 0 Å². The van der Waals surface area contributed by atoms with Crippen molar-refractivity contribution >= 4 is 11.9 Å². The lowest BCUT2D eigenvalue weighted by molar-refractivity contribution is -0.376. The zero-order valence-corrected chi connectivity index (χ0v) is 57.1. The van der Waals surface area contributed by atoms with Crippen LogP contribution < -0.4 is 0 Å². The Morgan fingerprint density at radius 3 is 0.690 bits per heavy atom. The van der Waals surface area contributed by atoms with Crippen LogP contribution in [0.3, 0.4) is 0 Å². The summed E-state index contributed by atoms with van der Waals surface area (Å²) in [5.41, 5.74) is 0. The van der Waals surface area contributed by atoms with Crippen LogP contribution >= 0.6 is 0 Å². The number of unbranched alkanes of at least 4 members (excludes halogenated alkanes) is 44. The van der Waals surface area contributed by atoms with Crippen LogP contribution in [0.2, 0.25) is 0 Å². The average molecular weight is 1240 g/mol. The van der Waals surface area contributed by atoms with E-state index in [1.165, 1.54) is 257 Å². The van der Waals surface area contributed by atoms with Crippen LogP contribution in [0.15, 0.2) is 0 Å². The van der Waals surface area contributed by atoms with Crippen molar-refractivity contribution in [3.8, 4) is 0 Å². The quantitative estimate of drug-likeness (QED) is 0.0248. The summed E-state index contributed by atoms with van der Waals surface area (Å²) in [7, 11) is 0. The van der Waals surface area contributed by atoms with Crippen LogP contribution in [0.5, 0.6) is 0 Å². The number of hydrogen-bond donors (Lipinski definition) is 6. The van der Waals surface area contributed by atoms with Crippen molar-refractivity contribution in [2.45, 2.75) is 436 Å². The predicted molar refractivity (Wildman–Crippen MR) is 355 cm³/mol. The third kappa shape index (κ3) is 42.4. The number of carbonyl (C=O) groups excluding carboxylic acids is 2. The van der Waals surface area contributed by atoms with Crippen LogP contribution in [0.25, 0.3) is 0 Å². The molecule has 0 spiro atoms. The van der Waals surface area contributed by atoms with Gasteiger partial charge in [-0.25, -0.2) is 0 Å². The molecule has 87 heavy (non-hydrogen) atoms. The van der Waals surface area contributed by atoms with E-state index in [0.717, 1.165) is 77.0 Å². The Bertz CT molecular complexity index is 1360. The lowest BCUT2D eigenvalue weighted by Crippen LogP contribution is -2.64.